The van der Waals surface area contributed by atoms with Crippen molar-refractivity contribution in [2.45, 2.75) is 27.3 Å². The maximum atomic E-state index is 5.33. The van der Waals surface area contributed by atoms with Crippen molar-refractivity contribution in [1.29, 1.82) is 0 Å². The van der Waals surface area contributed by atoms with Gasteiger partial charge in [-0.15, -0.1) is 0 Å². The Morgan fingerprint density at radius 3 is 2.64 bits per heavy atom. The first kappa shape index (κ1) is 17.1. The van der Waals surface area contributed by atoms with Gasteiger partial charge in [-0.1, -0.05) is 46.6 Å². The second kappa shape index (κ2) is 7.44. The molecule has 0 aliphatic carbocycles. The number of hydrogen-bond donors (Lipinski definition) is 2. The molecule has 0 radical (unpaired) electrons. The molecule has 0 spiro atoms. The van der Waals surface area contributed by atoms with Crippen molar-refractivity contribution in [3.05, 3.63) is 65.0 Å². The van der Waals surface area contributed by atoms with Gasteiger partial charge in [0.2, 0.25) is 11.7 Å². The maximum absolute atomic E-state index is 5.33. The van der Waals surface area contributed by atoms with E-state index in [1.807, 2.05) is 50.2 Å². The second-order valence-electron chi connectivity index (χ2n) is 6.01. The third-order valence-electron chi connectivity index (χ3n) is 3.77. The highest BCUT2D eigenvalue weighted by Crippen LogP contribution is 2.17. The van der Waals surface area contributed by atoms with E-state index in [-0.39, 0.29) is 0 Å². The van der Waals surface area contributed by atoms with Crippen molar-refractivity contribution < 1.29 is 4.52 Å². The summed E-state index contributed by atoms with van der Waals surface area (Å²) < 4.78 is 5.29. The topological polar surface area (TPSA) is 63.0 Å². The molecule has 0 saturated carbocycles. The van der Waals surface area contributed by atoms with Gasteiger partial charge in [0.05, 0.1) is 6.54 Å². The second-order valence-corrected chi connectivity index (χ2v) is 6.42. The highest BCUT2D eigenvalue weighted by molar-refractivity contribution is 7.80. The van der Waals surface area contributed by atoms with Crippen LogP contribution in [-0.2, 0) is 6.54 Å². The average molecular weight is 352 g/mol. The number of nitrogens with one attached hydrogen (secondary N) is 2. The van der Waals surface area contributed by atoms with Crippen LogP contribution < -0.4 is 10.6 Å². The molecule has 6 heteroatoms. The number of aryl methyl sites for hydroxylation is 3. The highest BCUT2D eigenvalue weighted by atomic mass is 32.1. The summed E-state index contributed by atoms with van der Waals surface area (Å²) in [6, 6.07) is 14.2. The molecule has 2 aromatic carbocycles. The molecule has 25 heavy (non-hydrogen) atoms. The van der Waals surface area contributed by atoms with E-state index in [0.29, 0.717) is 23.4 Å². The highest BCUT2D eigenvalue weighted by Gasteiger charge is 2.09. The molecule has 0 atom stereocenters. The van der Waals surface area contributed by atoms with Crippen LogP contribution in [0.4, 0.5) is 5.69 Å². The third kappa shape index (κ3) is 4.42. The summed E-state index contributed by atoms with van der Waals surface area (Å²) in [4.78, 5) is 4.40. The van der Waals surface area contributed by atoms with Crippen LogP contribution in [0.5, 0.6) is 0 Å². The molecule has 0 aliphatic rings. The molecule has 3 aromatic rings. The van der Waals surface area contributed by atoms with E-state index >= 15 is 0 Å². The van der Waals surface area contributed by atoms with Gasteiger partial charge in [0.25, 0.3) is 0 Å². The predicted molar refractivity (Wildman–Crippen MR) is 103 cm³/mol. The quantitative estimate of drug-likeness (QED) is 0.688. The van der Waals surface area contributed by atoms with Crippen molar-refractivity contribution in [1.82, 2.24) is 15.5 Å². The van der Waals surface area contributed by atoms with E-state index in [2.05, 4.69) is 33.8 Å². The maximum Gasteiger partial charge on any atom is 0.246 e. The predicted octanol–water partition coefficient (Wildman–Crippen LogP) is 4.15. The molecule has 1 heterocycles. The summed E-state index contributed by atoms with van der Waals surface area (Å²) in [7, 11) is 0. The zero-order chi connectivity index (χ0) is 17.8. The molecule has 128 valence electrons. The van der Waals surface area contributed by atoms with E-state index in [9.17, 15) is 0 Å². The van der Waals surface area contributed by atoms with Crippen LogP contribution >= 0.6 is 12.2 Å². The Labute approximate surface area is 152 Å². The first-order chi connectivity index (χ1) is 12.0. The van der Waals surface area contributed by atoms with Crippen LogP contribution in [0.3, 0.4) is 0 Å². The Bertz CT molecular complexity index is 904. The van der Waals surface area contributed by atoms with Crippen LogP contribution in [0.1, 0.15) is 22.6 Å². The van der Waals surface area contributed by atoms with Gasteiger partial charge in [0.15, 0.2) is 5.11 Å². The van der Waals surface area contributed by atoms with Gasteiger partial charge in [-0.25, -0.2) is 0 Å². The number of thiocarbonyl (C=S) groups is 1. The van der Waals surface area contributed by atoms with Crippen LogP contribution in [0, 0.1) is 20.8 Å². The van der Waals surface area contributed by atoms with Crippen molar-refractivity contribution in [2.75, 3.05) is 5.32 Å². The van der Waals surface area contributed by atoms with Gasteiger partial charge in [0, 0.05) is 11.3 Å². The molecule has 0 aliphatic heterocycles. The lowest BCUT2D eigenvalue weighted by molar-refractivity contribution is 0.376. The fourth-order valence-corrected chi connectivity index (χ4v) is 2.69. The van der Waals surface area contributed by atoms with Gasteiger partial charge in [-0.05, 0) is 50.7 Å². The van der Waals surface area contributed by atoms with Crippen LogP contribution in [0.2, 0.25) is 0 Å². The van der Waals surface area contributed by atoms with Gasteiger partial charge in [-0.2, -0.15) is 4.98 Å². The lowest BCUT2D eigenvalue weighted by Gasteiger charge is -2.11. The van der Waals surface area contributed by atoms with Crippen LogP contribution in [0.25, 0.3) is 11.4 Å². The molecular weight excluding hydrogens is 332 g/mol. The minimum absolute atomic E-state index is 0.371. The van der Waals surface area contributed by atoms with E-state index in [4.69, 9.17) is 16.7 Å². The minimum atomic E-state index is 0.371. The van der Waals surface area contributed by atoms with Gasteiger partial charge in [-0.3, -0.25) is 0 Å². The number of hydrogen-bond acceptors (Lipinski definition) is 4. The molecule has 0 fully saturated rings. The Hall–Kier alpha value is -2.73. The molecule has 3 rings (SSSR count). The first-order valence-electron chi connectivity index (χ1n) is 8.03. The molecular formula is C19H20N4OS. The zero-order valence-corrected chi connectivity index (χ0v) is 15.3. The van der Waals surface area contributed by atoms with Crippen molar-refractivity contribution >= 4 is 23.0 Å². The minimum Gasteiger partial charge on any atom is -0.353 e. The van der Waals surface area contributed by atoms with Crippen molar-refractivity contribution in [3.63, 3.8) is 0 Å². The molecule has 0 amide bonds. The standard InChI is InChI=1S/C19H20N4OS/c1-12-5-4-6-15(10-12)18-22-17(24-23-18)11-20-19(25)21-16-8-7-13(2)9-14(16)3/h4-10H,11H2,1-3H3,(H2,20,21,25). The third-order valence-corrected chi connectivity index (χ3v) is 4.02. The summed E-state index contributed by atoms with van der Waals surface area (Å²) >= 11 is 5.33. The first-order valence-corrected chi connectivity index (χ1v) is 8.44. The monoisotopic (exact) mass is 352 g/mol. The van der Waals surface area contributed by atoms with Gasteiger partial charge < -0.3 is 15.2 Å². The Morgan fingerprint density at radius 1 is 1.08 bits per heavy atom. The normalized spacial score (nSPS) is 10.5. The summed E-state index contributed by atoms with van der Waals surface area (Å²) in [6.07, 6.45) is 0. The fraction of sp³-hybridized carbons (Fsp3) is 0.211. The van der Waals surface area contributed by atoms with E-state index < -0.39 is 0 Å². The van der Waals surface area contributed by atoms with E-state index in [0.717, 1.165) is 22.4 Å². The summed E-state index contributed by atoms with van der Waals surface area (Å²) in [5.74, 6) is 1.06. The lowest BCUT2D eigenvalue weighted by Crippen LogP contribution is -2.28. The van der Waals surface area contributed by atoms with Gasteiger partial charge in [0.1, 0.15) is 0 Å². The fourth-order valence-electron chi connectivity index (χ4n) is 2.50. The SMILES string of the molecule is Cc1cccc(-c2noc(CNC(=S)Nc3ccc(C)cc3C)n2)c1. The number of benzene rings is 2. The smallest absolute Gasteiger partial charge is 0.246 e. The number of nitrogens with zero attached hydrogens (tertiary/aromatic N) is 2. The van der Waals surface area contributed by atoms with Crippen molar-refractivity contribution in [3.8, 4) is 11.4 Å². The van der Waals surface area contributed by atoms with E-state index in [1.165, 1.54) is 5.56 Å². The summed E-state index contributed by atoms with van der Waals surface area (Å²) in [5, 5.41) is 10.8. The number of rotatable bonds is 4. The Balaban J connectivity index is 1.59. The zero-order valence-electron chi connectivity index (χ0n) is 14.5. The van der Waals surface area contributed by atoms with Crippen molar-refractivity contribution in [2.24, 2.45) is 0 Å². The molecule has 0 bridgehead atoms. The Morgan fingerprint density at radius 2 is 1.88 bits per heavy atom. The van der Waals surface area contributed by atoms with Gasteiger partial charge >= 0.3 is 0 Å². The molecule has 0 unspecified atom stereocenters. The Kier molecular flexibility index (Phi) is 5.09. The molecule has 1 aromatic heterocycles. The summed E-state index contributed by atoms with van der Waals surface area (Å²) in [6.45, 7) is 6.51. The van der Waals surface area contributed by atoms with E-state index in [1.54, 1.807) is 0 Å². The number of anilines is 1. The largest absolute Gasteiger partial charge is 0.353 e. The average Bonchev–Trinajstić information content (AvgIpc) is 3.05. The lowest BCUT2D eigenvalue weighted by atomic mass is 10.1. The summed E-state index contributed by atoms with van der Waals surface area (Å²) in [5.41, 5.74) is 5.43. The molecule has 0 saturated heterocycles. The van der Waals surface area contributed by atoms with Crippen LogP contribution in [-0.4, -0.2) is 15.3 Å². The number of aromatic nitrogens is 2. The molecule has 5 nitrogen and oxygen atoms in total. The van der Waals surface area contributed by atoms with Crippen LogP contribution in [0.15, 0.2) is 47.0 Å². The molecule has 2 N–H and O–H groups in total.